The van der Waals surface area contributed by atoms with E-state index in [0.29, 0.717) is 24.8 Å². The highest BCUT2D eigenvalue weighted by molar-refractivity contribution is 5.81. The Morgan fingerprint density at radius 1 is 1.22 bits per heavy atom. The number of aliphatic carboxylic acids is 1. The Morgan fingerprint density at radius 2 is 2.06 bits per heavy atom. The Morgan fingerprint density at radius 3 is 2.67 bits per heavy atom. The van der Waals surface area contributed by atoms with Gasteiger partial charge in [-0.3, -0.25) is 9.59 Å². The molecule has 1 heterocycles. The Bertz CT molecular complexity index is 404. The predicted molar refractivity (Wildman–Crippen MR) is 65.8 cm³/mol. The number of nitrogens with zero attached hydrogens (tertiary/aromatic N) is 1. The minimum absolute atomic E-state index is 0.118. The van der Waals surface area contributed by atoms with Crippen molar-refractivity contribution >= 4 is 11.9 Å². The first-order valence-electron chi connectivity index (χ1n) is 6.85. The fraction of sp³-hybridized carbons (Fsp3) is 0.714. The normalized spacial score (nSPS) is 38.1. The molecule has 1 aliphatic heterocycles. The van der Waals surface area contributed by atoms with Crippen LogP contribution in [0.15, 0.2) is 12.2 Å². The largest absolute Gasteiger partial charge is 0.481 e. The second kappa shape index (κ2) is 4.41. The summed E-state index contributed by atoms with van der Waals surface area (Å²) in [6, 6.07) is 0. The molecule has 2 aliphatic carbocycles. The third-order valence-corrected chi connectivity index (χ3v) is 4.68. The van der Waals surface area contributed by atoms with Gasteiger partial charge in [-0.05, 0) is 37.5 Å². The lowest BCUT2D eigenvalue weighted by Crippen LogP contribution is -2.45. The standard InChI is InChI=1S/C14H19NO3/c16-13(12-7-9-3-4-10(12)6-9)15-5-1-2-11(8-15)14(17)18/h3-4,9-12H,1-2,5-8H2,(H,17,18)/t9?,10?,11-,12?/m1/s1. The molecule has 0 aromatic rings. The van der Waals surface area contributed by atoms with E-state index in [1.54, 1.807) is 4.90 Å². The van der Waals surface area contributed by atoms with Crippen molar-refractivity contribution in [1.82, 2.24) is 4.90 Å². The maximum Gasteiger partial charge on any atom is 0.308 e. The van der Waals surface area contributed by atoms with Crippen molar-refractivity contribution in [2.24, 2.45) is 23.7 Å². The molecule has 2 fully saturated rings. The number of likely N-dealkylation sites (tertiary alicyclic amines) is 1. The average molecular weight is 249 g/mol. The van der Waals surface area contributed by atoms with Crippen molar-refractivity contribution in [3.8, 4) is 0 Å². The number of carboxylic acids is 1. The Balaban J connectivity index is 1.66. The van der Waals surface area contributed by atoms with E-state index < -0.39 is 5.97 Å². The van der Waals surface area contributed by atoms with Crippen LogP contribution < -0.4 is 0 Å². The van der Waals surface area contributed by atoms with Crippen LogP contribution in [0, 0.1) is 23.7 Å². The van der Waals surface area contributed by atoms with Crippen LogP contribution in [0.25, 0.3) is 0 Å². The van der Waals surface area contributed by atoms with Gasteiger partial charge < -0.3 is 10.0 Å². The number of fused-ring (bicyclic) bond motifs is 2. The Labute approximate surface area is 107 Å². The molecule has 18 heavy (non-hydrogen) atoms. The van der Waals surface area contributed by atoms with Crippen LogP contribution in [0.2, 0.25) is 0 Å². The fourth-order valence-electron chi connectivity index (χ4n) is 3.68. The van der Waals surface area contributed by atoms with Crippen LogP contribution in [0.5, 0.6) is 0 Å². The molecule has 3 rings (SSSR count). The molecule has 3 aliphatic rings. The number of carbonyl (C=O) groups is 2. The van der Waals surface area contributed by atoms with Crippen molar-refractivity contribution < 1.29 is 14.7 Å². The van der Waals surface area contributed by atoms with Crippen LogP contribution in [0.1, 0.15) is 25.7 Å². The van der Waals surface area contributed by atoms with Crippen molar-refractivity contribution in [3.63, 3.8) is 0 Å². The summed E-state index contributed by atoms with van der Waals surface area (Å²) in [5, 5.41) is 9.06. The van der Waals surface area contributed by atoms with Crippen molar-refractivity contribution in [2.75, 3.05) is 13.1 Å². The van der Waals surface area contributed by atoms with Gasteiger partial charge in [-0.2, -0.15) is 0 Å². The number of carbonyl (C=O) groups excluding carboxylic acids is 1. The summed E-state index contributed by atoms with van der Waals surface area (Å²) in [5.74, 6) is 0.180. The summed E-state index contributed by atoms with van der Waals surface area (Å²) in [6.45, 7) is 1.14. The van der Waals surface area contributed by atoms with E-state index in [4.69, 9.17) is 5.11 Å². The van der Waals surface area contributed by atoms with Gasteiger partial charge in [0.25, 0.3) is 0 Å². The molecule has 4 atom stereocenters. The van der Waals surface area contributed by atoms with Gasteiger partial charge in [-0.25, -0.2) is 0 Å². The molecule has 1 saturated heterocycles. The monoisotopic (exact) mass is 249 g/mol. The maximum absolute atomic E-state index is 12.5. The average Bonchev–Trinajstić information content (AvgIpc) is 3.00. The molecule has 98 valence electrons. The van der Waals surface area contributed by atoms with Crippen LogP contribution in [-0.2, 0) is 9.59 Å². The molecule has 4 nitrogen and oxygen atoms in total. The van der Waals surface area contributed by atoms with Gasteiger partial charge in [0.15, 0.2) is 0 Å². The fourth-order valence-corrected chi connectivity index (χ4v) is 3.68. The molecule has 2 bridgehead atoms. The van der Waals surface area contributed by atoms with Gasteiger partial charge in [-0.15, -0.1) is 0 Å². The number of hydrogen-bond acceptors (Lipinski definition) is 2. The Hall–Kier alpha value is -1.32. The number of hydrogen-bond donors (Lipinski definition) is 1. The summed E-state index contributed by atoms with van der Waals surface area (Å²) >= 11 is 0. The van der Waals surface area contributed by atoms with Gasteiger partial charge in [0.1, 0.15) is 0 Å². The smallest absolute Gasteiger partial charge is 0.308 e. The molecule has 0 radical (unpaired) electrons. The molecule has 1 amide bonds. The number of rotatable bonds is 2. The molecule has 3 unspecified atom stereocenters. The second-order valence-electron chi connectivity index (χ2n) is 5.85. The maximum atomic E-state index is 12.5. The third kappa shape index (κ3) is 1.93. The minimum Gasteiger partial charge on any atom is -0.481 e. The number of amides is 1. The number of allylic oxidation sites excluding steroid dienone is 2. The number of piperidine rings is 1. The van der Waals surface area contributed by atoms with Gasteiger partial charge in [0.2, 0.25) is 5.91 Å². The van der Waals surface area contributed by atoms with Gasteiger partial charge in [0, 0.05) is 19.0 Å². The number of carboxylic acid groups (broad SMARTS) is 1. The van der Waals surface area contributed by atoms with Crippen molar-refractivity contribution in [3.05, 3.63) is 12.2 Å². The zero-order chi connectivity index (χ0) is 12.7. The van der Waals surface area contributed by atoms with E-state index in [2.05, 4.69) is 12.2 Å². The molecular formula is C14H19NO3. The van der Waals surface area contributed by atoms with E-state index in [1.807, 2.05) is 0 Å². The van der Waals surface area contributed by atoms with Crippen LogP contribution in [-0.4, -0.2) is 35.0 Å². The zero-order valence-electron chi connectivity index (χ0n) is 10.4. The molecule has 0 aromatic carbocycles. The first-order chi connectivity index (χ1) is 8.65. The third-order valence-electron chi connectivity index (χ3n) is 4.68. The van der Waals surface area contributed by atoms with Crippen LogP contribution in [0.3, 0.4) is 0 Å². The predicted octanol–water partition coefficient (Wildman–Crippen LogP) is 1.52. The van der Waals surface area contributed by atoms with E-state index in [9.17, 15) is 9.59 Å². The first-order valence-corrected chi connectivity index (χ1v) is 6.85. The van der Waals surface area contributed by atoms with E-state index in [0.717, 1.165) is 25.8 Å². The zero-order valence-corrected chi connectivity index (χ0v) is 10.4. The minimum atomic E-state index is -0.764. The highest BCUT2D eigenvalue weighted by Crippen LogP contribution is 2.44. The highest BCUT2D eigenvalue weighted by atomic mass is 16.4. The Kier molecular flexibility index (Phi) is 2.88. The van der Waals surface area contributed by atoms with Gasteiger partial charge in [-0.1, -0.05) is 12.2 Å². The molecule has 1 N–H and O–H groups in total. The van der Waals surface area contributed by atoms with Crippen molar-refractivity contribution in [2.45, 2.75) is 25.7 Å². The lowest BCUT2D eigenvalue weighted by molar-refractivity contribution is -0.147. The van der Waals surface area contributed by atoms with Crippen LogP contribution >= 0.6 is 0 Å². The first kappa shape index (κ1) is 11.8. The van der Waals surface area contributed by atoms with Crippen LogP contribution in [0.4, 0.5) is 0 Å². The summed E-state index contributed by atoms with van der Waals surface area (Å²) < 4.78 is 0. The summed E-state index contributed by atoms with van der Waals surface area (Å²) in [4.78, 5) is 25.3. The quantitative estimate of drug-likeness (QED) is 0.755. The second-order valence-corrected chi connectivity index (χ2v) is 5.85. The van der Waals surface area contributed by atoms with Gasteiger partial charge in [0.05, 0.1) is 5.92 Å². The highest BCUT2D eigenvalue weighted by Gasteiger charge is 2.42. The molecule has 0 spiro atoms. The molecule has 4 heteroatoms. The lowest BCUT2D eigenvalue weighted by Gasteiger charge is -2.33. The summed E-state index contributed by atoms with van der Waals surface area (Å²) in [7, 11) is 0. The summed E-state index contributed by atoms with van der Waals surface area (Å²) in [6.07, 6.45) is 8.01. The summed E-state index contributed by atoms with van der Waals surface area (Å²) in [5.41, 5.74) is 0. The molecular weight excluding hydrogens is 230 g/mol. The molecule has 1 saturated carbocycles. The van der Waals surface area contributed by atoms with E-state index >= 15 is 0 Å². The topological polar surface area (TPSA) is 57.6 Å². The molecule has 0 aromatic heterocycles. The van der Waals surface area contributed by atoms with E-state index in [-0.39, 0.29) is 17.7 Å². The SMILES string of the molecule is O=C(O)[C@@H]1CCCN(C(=O)C2CC3C=CC2C3)C1. The van der Waals surface area contributed by atoms with Crippen molar-refractivity contribution in [1.29, 1.82) is 0 Å². The van der Waals surface area contributed by atoms with E-state index in [1.165, 1.54) is 0 Å². The lowest BCUT2D eigenvalue weighted by atomic mass is 9.90. The van der Waals surface area contributed by atoms with Gasteiger partial charge >= 0.3 is 5.97 Å².